The molecule has 1 amide bonds. The lowest BCUT2D eigenvalue weighted by molar-refractivity contribution is -0.132. The first-order valence-electron chi connectivity index (χ1n) is 10.4. The number of hydrogen-bond donors (Lipinski definition) is 2. The number of likely N-dealkylation sites (tertiary alicyclic amines) is 1. The fourth-order valence-corrected chi connectivity index (χ4v) is 5.34. The first kappa shape index (κ1) is 22.1. The average Bonchev–Trinajstić information content (AvgIpc) is 2.88. The van der Waals surface area contributed by atoms with Crippen molar-refractivity contribution in [1.29, 1.82) is 0 Å². The second kappa shape index (κ2) is 8.43. The highest BCUT2D eigenvalue weighted by atomic mass is 35.5. The largest absolute Gasteiger partial charge is 0.478 e. The summed E-state index contributed by atoms with van der Waals surface area (Å²) in [6, 6.07) is 9.09. The van der Waals surface area contributed by atoms with E-state index in [1.165, 1.54) is 12.1 Å². The maximum Gasteiger partial charge on any atom is 0.335 e. The Morgan fingerprint density at radius 2 is 1.94 bits per heavy atom. The van der Waals surface area contributed by atoms with Crippen LogP contribution in [0.3, 0.4) is 0 Å². The van der Waals surface area contributed by atoms with Crippen molar-refractivity contribution < 1.29 is 19.8 Å². The van der Waals surface area contributed by atoms with Crippen molar-refractivity contribution in [2.45, 2.75) is 37.8 Å². The highest BCUT2D eigenvalue weighted by molar-refractivity contribution is 6.35. The van der Waals surface area contributed by atoms with Gasteiger partial charge in [-0.3, -0.25) is 4.79 Å². The molecule has 31 heavy (non-hydrogen) atoms. The van der Waals surface area contributed by atoms with E-state index in [9.17, 15) is 19.8 Å². The minimum absolute atomic E-state index is 0.0224. The lowest BCUT2D eigenvalue weighted by atomic mass is 9.87. The predicted octanol–water partition coefficient (Wildman–Crippen LogP) is 4.15. The van der Waals surface area contributed by atoms with Gasteiger partial charge >= 0.3 is 5.97 Å². The van der Waals surface area contributed by atoms with Crippen molar-refractivity contribution in [3.8, 4) is 0 Å². The number of benzene rings is 2. The molecule has 2 N–H and O–H groups in total. The van der Waals surface area contributed by atoms with Crippen LogP contribution in [0.2, 0.25) is 10.0 Å². The monoisotopic (exact) mass is 462 g/mol. The third-order valence-electron chi connectivity index (χ3n) is 6.27. The molecular formula is C23H24Cl2N2O4. The minimum atomic E-state index is -2.09. The van der Waals surface area contributed by atoms with E-state index in [2.05, 4.69) is 11.8 Å². The number of anilines is 1. The van der Waals surface area contributed by atoms with Crippen molar-refractivity contribution in [1.82, 2.24) is 4.90 Å². The van der Waals surface area contributed by atoms with E-state index in [1.807, 2.05) is 0 Å². The number of likely N-dealkylation sites (N-methyl/N-ethyl adjacent to an activating group) is 1. The molecule has 6 nitrogen and oxygen atoms in total. The molecule has 2 unspecified atom stereocenters. The highest BCUT2D eigenvalue weighted by Crippen LogP contribution is 2.51. The molecule has 1 saturated heterocycles. The van der Waals surface area contributed by atoms with E-state index in [1.54, 1.807) is 29.2 Å². The predicted molar refractivity (Wildman–Crippen MR) is 120 cm³/mol. The van der Waals surface area contributed by atoms with Gasteiger partial charge < -0.3 is 20.0 Å². The summed E-state index contributed by atoms with van der Waals surface area (Å²) < 4.78 is 0. The van der Waals surface area contributed by atoms with E-state index in [-0.39, 0.29) is 32.8 Å². The van der Waals surface area contributed by atoms with Gasteiger partial charge in [0.25, 0.3) is 5.91 Å². The topological polar surface area (TPSA) is 81.1 Å². The number of amides is 1. The molecule has 0 spiro atoms. The van der Waals surface area contributed by atoms with Gasteiger partial charge in [0.05, 0.1) is 16.3 Å². The summed E-state index contributed by atoms with van der Waals surface area (Å²) in [7, 11) is 0. The standard InChI is InChI=1S/C23H24Cl2N2O4/c1-2-26-10-6-5-7-15(13-26)27-19-12-14(21(28)29)11-18(25)20(19)23(31,22(27)30)16-8-3-4-9-17(16)24/h3-4,8-9,11-12,15,31H,2,5-7,10,13H2,1H3,(H,28,29). The van der Waals surface area contributed by atoms with E-state index < -0.39 is 17.5 Å². The Balaban J connectivity index is 1.94. The number of carboxylic acid groups (broad SMARTS) is 1. The van der Waals surface area contributed by atoms with Gasteiger partial charge in [-0.2, -0.15) is 0 Å². The number of halogens is 2. The van der Waals surface area contributed by atoms with Gasteiger partial charge in [-0.25, -0.2) is 4.79 Å². The quantitative estimate of drug-likeness (QED) is 0.712. The van der Waals surface area contributed by atoms with E-state index in [0.717, 1.165) is 32.4 Å². The molecule has 0 saturated carbocycles. The number of carbonyl (C=O) groups is 2. The van der Waals surface area contributed by atoms with Gasteiger partial charge in [-0.05, 0) is 44.1 Å². The lowest BCUT2D eigenvalue weighted by Gasteiger charge is -2.32. The van der Waals surface area contributed by atoms with Crippen LogP contribution in [0, 0.1) is 0 Å². The zero-order chi connectivity index (χ0) is 22.3. The minimum Gasteiger partial charge on any atom is -0.478 e. The Kier molecular flexibility index (Phi) is 6.01. The zero-order valence-electron chi connectivity index (χ0n) is 17.1. The summed E-state index contributed by atoms with van der Waals surface area (Å²) in [5.41, 5.74) is -1.38. The number of aromatic carboxylic acids is 1. The maximum absolute atomic E-state index is 13.9. The Morgan fingerprint density at radius 1 is 1.19 bits per heavy atom. The summed E-state index contributed by atoms with van der Waals surface area (Å²) in [6.45, 7) is 4.49. The van der Waals surface area contributed by atoms with Crippen LogP contribution in [0.15, 0.2) is 36.4 Å². The molecule has 2 atom stereocenters. The summed E-state index contributed by atoms with van der Waals surface area (Å²) in [6.07, 6.45) is 2.69. The van der Waals surface area contributed by atoms with Crippen LogP contribution in [0.1, 0.15) is 47.7 Å². The molecule has 4 rings (SSSR count). The van der Waals surface area contributed by atoms with Crippen molar-refractivity contribution in [2.75, 3.05) is 24.5 Å². The molecular weight excluding hydrogens is 439 g/mol. The van der Waals surface area contributed by atoms with Gasteiger partial charge in [0, 0.05) is 28.7 Å². The third-order valence-corrected chi connectivity index (χ3v) is 6.90. The lowest BCUT2D eigenvalue weighted by Crippen LogP contribution is -2.49. The van der Waals surface area contributed by atoms with Crippen LogP contribution in [0.4, 0.5) is 5.69 Å². The highest BCUT2D eigenvalue weighted by Gasteiger charge is 2.55. The number of fused-ring (bicyclic) bond motifs is 1. The Labute approximate surface area is 191 Å². The van der Waals surface area contributed by atoms with Gasteiger partial charge in [0.15, 0.2) is 5.60 Å². The molecule has 2 aliphatic rings. The molecule has 0 aliphatic carbocycles. The van der Waals surface area contributed by atoms with Gasteiger partial charge in [-0.15, -0.1) is 0 Å². The molecule has 2 aromatic rings. The number of nitrogens with zero attached hydrogens (tertiary/aromatic N) is 2. The second-order valence-corrected chi connectivity index (χ2v) is 8.88. The molecule has 1 fully saturated rings. The first-order valence-corrected chi connectivity index (χ1v) is 11.1. The molecule has 164 valence electrons. The van der Waals surface area contributed by atoms with Crippen LogP contribution < -0.4 is 4.90 Å². The molecule has 0 radical (unpaired) electrons. The second-order valence-electron chi connectivity index (χ2n) is 8.07. The molecule has 2 heterocycles. The Morgan fingerprint density at radius 3 is 2.61 bits per heavy atom. The Hall–Kier alpha value is -2.12. The SMILES string of the molecule is CCN1CCCCC(N2C(=O)C(O)(c3ccccc3Cl)c3c(Cl)cc(C(=O)O)cc32)C1. The van der Waals surface area contributed by atoms with Crippen LogP contribution in [0.25, 0.3) is 0 Å². The fraction of sp³-hybridized carbons (Fsp3) is 0.391. The van der Waals surface area contributed by atoms with Crippen LogP contribution in [0.5, 0.6) is 0 Å². The van der Waals surface area contributed by atoms with Crippen LogP contribution >= 0.6 is 23.2 Å². The van der Waals surface area contributed by atoms with Gasteiger partial charge in [0.1, 0.15) is 0 Å². The maximum atomic E-state index is 13.9. The van der Waals surface area contributed by atoms with Gasteiger partial charge in [-0.1, -0.05) is 54.7 Å². The summed E-state index contributed by atoms with van der Waals surface area (Å²) in [5, 5.41) is 21.7. The van der Waals surface area contributed by atoms with E-state index in [0.29, 0.717) is 12.2 Å². The molecule has 0 aromatic heterocycles. The van der Waals surface area contributed by atoms with E-state index >= 15 is 0 Å². The number of rotatable bonds is 4. The van der Waals surface area contributed by atoms with Crippen molar-refractivity contribution in [3.63, 3.8) is 0 Å². The number of carbonyl (C=O) groups excluding carboxylic acids is 1. The molecule has 8 heteroatoms. The average molecular weight is 463 g/mol. The van der Waals surface area contributed by atoms with Crippen molar-refractivity contribution >= 4 is 40.8 Å². The summed E-state index contributed by atoms with van der Waals surface area (Å²) >= 11 is 12.9. The summed E-state index contributed by atoms with van der Waals surface area (Å²) in [5.74, 6) is -1.70. The fourth-order valence-electron chi connectivity index (χ4n) is 4.72. The van der Waals surface area contributed by atoms with Gasteiger partial charge in [0.2, 0.25) is 0 Å². The number of aliphatic hydroxyl groups is 1. The smallest absolute Gasteiger partial charge is 0.335 e. The first-order chi connectivity index (χ1) is 14.8. The number of hydrogen-bond acceptors (Lipinski definition) is 4. The third kappa shape index (κ3) is 3.61. The zero-order valence-corrected chi connectivity index (χ0v) is 18.7. The molecule has 2 aliphatic heterocycles. The van der Waals surface area contributed by atoms with E-state index in [4.69, 9.17) is 23.2 Å². The van der Waals surface area contributed by atoms with Crippen LogP contribution in [-0.4, -0.2) is 52.7 Å². The van der Waals surface area contributed by atoms with Crippen molar-refractivity contribution in [3.05, 3.63) is 63.1 Å². The number of carboxylic acids is 1. The van der Waals surface area contributed by atoms with Crippen molar-refractivity contribution in [2.24, 2.45) is 0 Å². The van der Waals surface area contributed by atoms with Crippen LogP contribution in [-0.2, 0) is 10.4 Å². The normalized spacial score (nSPS) is 24.2. The molecule has 2 aromatic carbocycles. The molecule has 0 bridgehead atoms. The Bertz CT molecular complexity index is 1040. The summed E-state index contributed by atoms with van der Waals surface area (Å²) in [4.78, 5) is 29.4.